The maximum Gasteiger partial charge on any atom is 0.268 e. The molecule has 1 aliphatic rings. The fraction of sp³-hybridized carbons (Fsp3) is 0.286. The topological polar surface area (TPSA) is 96.0 Å². The van der Waals surface area contributed by atoms with Gasteiger partial charge in [-0.1, -0.05) is 38.1 Å². The number of carbonyl (C=O) groups is 2. The van der Waals surface area contributed by atoms with Crippen molar-refractivity contribution in [1.82, 2.24) is 4.31 Å². The van der Waals surface area contributed by atoms with Crippen LogP contribution in [0.15, 0.2) is 71.6 Å². The van der Waals surface area contributed by atoms with E-state index in [1.165, 1.54) is 28.6 Å². The number of nitrogens with zero attached hydrogens (tertiary/aromatic N) is 2. The summed E-state index contributed by atoms with van der Waals surface area (Å²) < 4.78 is 32.6. The van der Waals surface area contributed by atoms with Crippen molar-refractivity contribution in [2.24, 2.45) is 0 Å². The molecule has 0 spiro atoms. The highest BCUT2D eigenvalue weighted by molar-refractivity contribution is 7.89. The lowest BCUT2D eigenvalue weighted by Gasteiger charge is -2.33. The van der Waals surface area contributed by atoms with Crippen LogP contribution in [0.4, 0.5) is 11.4 Å². The fourth-order valence-corrected chi connectivity index (χ4v) is 5.76. The Hall–Kier alpha value is -3.69. The molecule has 9 heteroatoms. The molecule has 0 bridgehead atoms. The number of hydrogen-bond donors (Lipinski definition) is 1. The molecule has 4 rings (SSSR count). The first kappa shape index (κ1) is 26.4. The first-order chi connectivity index (χ1) is 17.6. The Balaban J connectivity index is 1.57. The molecule has 1 atom stereocenters. The molecule has 0 aliphatic carbocycles. The number of nitrogens with one attached hydrogen (secondary N) is 1. The molecule has 2 amide bonds. The molecule has 0 aromatic heterocycles. The summed E-state index contributed by atoms with van der Waals surface area (Å²) in [6, 6.07) is 18.9. The molecule has 0 saturated heterocycles. The van der Waals surface area contributed by atoms with Crippen LogP contribution in [0, 0.1) is 6.92 Å². The smallest absolute Gasteiger partial charge is 0.268 e. The molecule has 1 aliphatic heterocycles. The fourth-order valence-electron chi connectivity index (χ4n) is 4.30. The van der Waals surface area contributed by atoms with Gasteiger partial charge in [0.05, 0.1) is 17.1 Å². The van der Waals surface area contributed by atoms with E-state index in [1.807, 2.05) is 31.2 Å². The lowest BCUT2D eigenvalue weighted by molar-refractivity contribution is -0.125. The summed E-state index contributed by atoms with van der Waals surface area (Å²) >= 11 is 0. The van der Waals surface area contributed by atoms with Crippen LogP contribution in [-0.4, -0.2) is 43.7 Å². The Morgan fingerprint density at radius 2 is 1.70 bits per heavy atom. The molecule has 1 heterocycles. The van der Waals surface area contributed by atoms with Gasteiger partial charge in [-0.3, -0.25) is 9.59 Å². The van der Waals surface area contributed by atoms with E-state index in [0.717, 1.165) is 11.1 Å². The maximum atomic E-state index is 13.0. The van der Waals surface area contributed by atoms with E-state index in [9.17, 15) is 18.0 Å². The van der Waals surface area contributed by atoms with E-state index in [1.54, 1.807) is 43.9 Å². The van der Waals surface area contributed by atoms with Crippen molar-refractivity contribution < 1.29 is 22.7 Å². The zero-order valence-electron chi connectivity index (χ0n) is 21.4. The second-order valence-corrected chi connectivity index (χ2v) is 10.8. The van der Waals surface area contributed by atoms with E-state index >= 15 is 0 Å². The van der Waals surface area contributed by atoms with Gasteiger partial charge in [0.1, 0.15) is 5.75 Å². The third-order valence-corrected chi connectivity index (χ3v) is 8.54. The normalized spacial score (nSPS) is 15.3. The predicted octanol–water partition coefficient (Wildman–Crippen LogP) is 4.59. The number of ether oxygens (including phenoxy) is 1. The third-order valence-electron chi connectivity index (χ3n) is 6.47. The van der Waals surface area contributed by atoms with Crippen LogP contribution in [-0.2, 0) is 21.4 Å². The molecular weight excluding hydrogens is 490 g/mol. The highest BCUT2D eigenvalue weighted by Gasteiger charge is 2.32. The van der Waals surface area contributed by atoms with Crippen LogP contribution in [0.3, 0.4) is 0 Å². The first-order valence-electron chi connectivity index (χ1n) is 12.2. The molecule has 3 aromatic rings. The van der Waals surface area contributed by atoms with Gasteiger partial charge >= 0.3 is 0 Å². The molecule has 0 radical (unpaired) electrons. The number of benzene rings is 3. The van der Waals surface area contributed by atoms with Crippen molar-refractivity contribution >= 4 is 33.2 Å². The number of fused-ring (bicyclic) bond motifs is 1. The predicted molar refractivity (Wildman–Crippen MR) is 143 cm³/mol. The zero-order valence-corrected chi connectivity index (χ0v) is 22.2. The molecule has 1 unspecified atom stereocenters. The Bertz CT molecular complexity index is 1420. The zero-order chi connectivity index (χ0) is 26.7. The minimum Gasteiger partial charge on any atom is -0.479 e. The number of amides is 2. The van der Waals surface area contributed by atoms with Gasteiger partial charge < -0.3 is 15.0 Å². The van der Waals surface area contributed by atoms with Crippen LogP contribution >= 0.6 is 0 Å². The van der Waals surface area contributed by atoms with Crippen LogP contribution in [0.2, 0.25) is 0 Å². The summed E-state index contributed by atoms with van der Waals surface area (Å²) in [5.41, 5.74) is 3.47. The van der Waals surface area contributed by atoms with E-state index in [2.05, 4.69) is 5.32 Å². The highest BCUT2D eigenvalue weighted by atomic mass is 32.2. The van der Waals surface area contributed by atoms with Crippen LogP contribution in [0.5, 0.6) is 5.75 Å². The first-order valence-corrected chi connectivity index (χ1v) is 13.7. The standard InChI is InChI=1S/C28H31N3O5S/c1-5-30(6-2)37(34,35)24-14-11-21(12-15-24)27(32)29-23-13-16-26-25(17-23)31(28(33)20(4)36-26)18-22-10-8-7-9-19(22)3/h7-17,20H,5-6,18H2,1-4H3,(H,29,32). The van der Waals surface area contributed by atoms with Crippen molar-refractivity contribution in [3.8, 4) is 5.75 Å². The van der Waals surface area contributed by atoms with Crippen LogP contribution in [0.25, 0.3) is 0 Å². The molecular formula is C28H31N3O5S. The van der Waals surface area contributed by atoms with Gasteiger partial charge in [-0.25, -0.2) is 8.42 Å². The van der Waals surface area contributed by atoms with E-state index < -0.39 is 22.0 Å². The summed E-state index contributed by atoms with van der Waals surface area (Å²) in [5.74, 6) is 0.00230. The summed E-state index contributed by atoms with van der Waals surface area (Å²) in [4.78, 5) is 27.8. The second kappa shape index (κ2) is 10.7. The molecule has 1 N–H and O–H groups in total. The van der Waals surface area contributed by atoms with Crippen molar-refractivity contribution in [3.05, 3.63) is 83.4 Å². The minimum atomic E-state index is -3.61. The van der Waals surface area contributed by atoms with Crippen molar-refractivity contribution in [3.63, 3.8) is 0 Å². The summed E-state index contributed by atoms with van der Waals surface area (Å²) in [6.45, 7) is 8.39. The van der Waals surface area contributed by atoms with Crippen LogP contribution in [0.1, 0.15) is 42.3 Å². The monoisotopic (exact) mass is 521 g/mol. The highest BCUT2D eigenvalue weighted by Crippen LogP contribution is 2.37. The van der Waals surface area contributed by atoms with Gasteiger partial charge in [-0.2, -0.15) is 4.31 Å². The SMILES string of the molecule is CCN(CC)S(=O)(=O)c1ccc(C(=O)Nc2ccc3c(c2)N(Cc2ccccc2C)C(=O)C(C)O3)cc1. The number of anilines is 2. The summed E-state index contributed by atoms with van der Waals surface area (Å²) in [5, 5.41) is 2.84. The Morgan fingerprint density at radius 3 is 2.35 bits per heavy atom. The van der Waals surface area contributed by atoms with Crippen LogP contribution < -0.4 is 15.0 Å². The molecule has 37 heavy (non-hydrogen) atoms. The maximum absolute atomic E-state index is 13.0. The Labute approximate surface area is 217 Å². The second-order valence-electron chi connectivity index (χ2n) is 8.86. The number of rotatable bonds is 8. The Morgan fingerprint density at radius 1 is 1.03 bits per heavy atom. The quantitative estimate of drug-likeness (QED) is 0.468. The van der Waals surface area contributed by atoms with Gasteiger partial charge in [-0.15, -0.1) is 0 Å². The number of hydrogen-bond acceptors (Lipinski definition) is 5. The van der Waals surface area contributed by atoms with Gasteiger partial charge in [0, 0.05) is 24.3 Å². The average molecular weight is 522 g/mol. The van der Waals surface area contributed by atoms with Gasteiger partial charge in [0.2, 0.25) is 10.0 Å². The molecule has 0 saturated carbocycles. The summed E-state index contributed by atoms with van der Waals surface area (Å²) in [7, 11) is -3.61. The molecule has 0 fully saturated rings. The average Bonchev–Trinajstić information content (AvgIpc) is 2.88. The van der Waals surface area contributed by atoms with E-state index in [0.29, 0.717) is 42.3 Å². The lowest BCUT2D eigenvalue weighted by Crippen LogP contribution is -2.44. The van der Waals surface area contributed by atoms with E-state index in [-0.39, 0.29) is 10.8 Å². The minimum absolute atomic E-state index is 0.137. The largest absolute Gasteiger partial charge is 0.479 e. The van der Waals surface area contributed by atoms with E-state index in [4.69, 9.17) is 4.74 Å². The number of carbonyl (C=O) groups excluding carboxylic acids is 2. The lowest BCUT2D eigenvalue weighted by atomic mass is 10.1. The molecule has 3 aromatic carbocycles. The van der Waals surface area contributed by atoms with Crippen molar-refractivity contribution in [2.75, 3.05) is 23.3 Å². The summed E-state index contributed by atoms with van der Waals surface area (Å²) in [6.07, 6.45) is -0.622. The van der Waals surface area contributed by atoms with Crippen molar-refractivity contribution in [2.45, 2.75) is 45.2 Å². The molecule has 8 nitrogen and oxygen atoms in total. The number of aryl methyl sites for hydroxylation is 1. The Kier molecular flexibility index (Phi) is 7.65. The van der Waals surface area contributed by atoms with Crippen molar-refractivity contribution in [1.29, 1.82) is 0 Å². The van der Waals surface area contributed by atoms with Gasteiger partial charge in [0.25, 0.3) is 11.8 Å². The third kappa shape index (κ3) is 5.38. The van der Waals surface area contributed by atoms with Gasteiger partial charge in [0.15, 0.2) is 6.10 Å². The number of sulfonamides is 1. The van der Waals surface area contributed by atoms with Gasteiger partial charge in [-0.05, 0) is 67.4 Å². The molecule has 194 valence electrons.